The molecule has 0 N–H and O–H groups in total. The first-order valence-corrected chi connectivity index (χ1v) is 23.9. The van der Waals surface area contributed by atoms with Crippen molar-refractivity contribution < 1.29 is 28.6 Å². The minimum absolute atomic E-state index is 0.0638. The summed E-state index contributed by atoms with van der Waals surface area (Å²) in [5.41, 5.74) is 0. The van der Waals surface area contributed by atoms with E-state index in [1.54, 1.807) is 0 Å². The van der Waals surface area contributed by atoms with Gasteiger partial charge in [0.1, 0.15) is 13.2 Å². The van der Waals surface area contributed by atoms with Crippen molar-refractivity contribution in [1.29, 1.82) is 0 Å². The van der Waals surface area contributed by atoms with Crippen molar-refractivity contribution in [3.8, 4) is 0 Å². The van der Waals surface area contributed by atoms with Crippen molar-refractivity contribution in [3.05, 3.63) is 0 Å². The van der Waals surface area contributed by atoms with Crippen LogP contribution in [-0.2, 0) is 28.6 Å². The number of ether oxygens (including phenoxy) is 3. The lowest BCUT2D eigenvalue weighted by Gasteiger charge is -2.18. The molecule has 320 valence electrons. The van der Waals surface area contributed by atoms with Crippen LogP contribution in [0.15, 0.2) is 0 Å². The standard InChI is InChI=1S/C48H92O6/c1-5-7-9-11-13-15-17-18-19-20-21-23-28-32-36-40-47(50)53-43-45(42-52-46(49)39-35-31-27-22-16-14-12-10-8-6-2)54-48(51)41-37-33-29-25-24-26-30-34-38-44(3)4/h44-45H,5-43H2,1-4H3/t45-/m0/s1. The van der Waals surface area contributed by atoms with Gasteiger partial charge in [-0.1, -0.05) is 227 Å². The van der Waals surface area contributed by atoms with E-state index in [4.69, 9.17) is 14.2 Å². The Labute approximate surface area is 336 Å². The van der Waals surface area contributed by atoms with Gasteiger partial charge in [-0.3, -0.25) is 14.4 Å². The van der Waals surface area contributed by atoms with E-state index in [9.17, 15) is 14.4 Å². The van der Waals surface area contributed by atoms with Gasteiger partial charge in [0.2, 0.25) is 0 Å². The minimum atomic E-state index is -0.759. The van der Waals surface area contributed by atoms with Crippen LogP contribution in [0.4, 0.5) is 0 Å². The molecule has 0 aromatic carbocycles. The molecule has 0 rings (SSSR count). The van der Waals surface area contributed by atoms with Gasteiger partial charge in [-0.05, 0) is 25.2 Å². The number of hydrogen-bond donors (Lipinski definition) is 0. The van der Waals surface area contributed by atoms with Crippen LogP contribution in [0.1, 0.15) is 265 Å². The SMILES string of the molecule is CCCCCCCCCCCCCCCCCC(=O)OC[C@H](COC(=O)CCCCCCCCCCCC)OC(=O)CCCCCCCCCCC(C)C. The molecule has 54 heavy (non-hydrogen) atoms. The predicted molar refractivity (Wildman–Crippen MR) is 229 cm³/mol. The number of esters is 3. The lowest BCUT2D eigenvalue weighted by Crippen LogP contribution is -2.30. The van der Waals surface area contributed by atoms with Crippen molar-refractivity contribution in [2.45, 2.75) is 271 Å². The van der Waals surface area contributed by atoms with Crippen LogP contribution >= 0.6 is 0 Å². The highest BCUT2D eigenvalue weighted by Gasteiger charge is 2.19. The molecule has 6 heteroatoms. The van der Waals surface area contributed by atoms with Crippen molar-refractivity contribution in [3.63, 3.8) is 0 Å². The van der Waals surface area contributed by atoms with Crippen molar-refractivity contribution in [1.82, 2.24) is 0 Å². The fourth-order valence-electron chi connectivity index (χ4n) is 7.16. The Kier molecular flexibility index (Phi) is 41.3. The second-order valence-electron chi connectivity index (χ2n) is 16.9. The van der Waals surface area contributed by atoms with Gasteiger partial charge in [0.05, 0.1) is 0 Å². The molecule has 0 unspecified atom stereocenters. The van der Waals surface area contributed by atoms with Gasteiger partial charge in [-0.25, -0.2) is 0 Å². The van der Waals surface area contributed by atoms with Gasteiger partial charge in [-0.15, -0.1) is 0 Å². The van der Waals surface area contributed by atoms with E-state index in [0.717, 1.165) is 63.7 Å². The highest BCUT2D eigenvalue weighted by atomic mass is 16.6. The van der Waals surface area contributed by atoms with Crippen LogP contribution < -0.4 is 0 Å². The summed E-state index contributed by atoms with van der Waals surface area (Å²) in [6.45, 7) is 8.96. The van der Waals surface area contributed by atoms with E-state index < -0.39 is 6.10 Å². The Bertz CT molecular complexity index is 811. The maximum Gasteiger partial charge on any atom is 0.306 e. The molecule has 1 atom stereocenters. The van der Waals surface area contributed by atoms with Gasteiger partial charge in [0.25, 0.3) is 0 Å². The number of hydrogen-bond acceptors (Lipinski definition) is 6. The summed E-state index contributed by atoms with van der Waals surface area (Å²) < 4.78 is 16.7. The number of unbranched alkanes of at least 4 members (excludes halogenated alkanes) is 30. The number of carbonyl (C=O) groups is 3. The largest absolute Gasteiger partial charge is 0.462 e. The lowest BCUT2D eigenvalue weighted by atomic mass is 10.0. The third-order valence-electron chi connectivity index (χ3n) is 10.8. The van der Waals surface area contributed by atoms with Gasteiger partial charge in [0.15, 0.2) is 6.10 Å². The average molecular weight is 765 g/mol. The zero-order valence-electron chi connectivity index (χ0n) is 36.7. The van der Waals surface area contributed by atoms with Crippen molar-refractivity contribution in [2.24, 2.45) is 5.92 Å². The zero-order chi connectivity index (χ0) is 39.6. The summed E-state index contributed by atoms with van der Waals surface area (Å²) >= 11 is 0. The topological polar surface area (TPSA) is 78.9 Å². The summed E-state index contributed by atoms with van der Waals surface area (Å²) in [5.74, 6) is -0.0602. The monoisotopic (exact) mass is 765 g/mol. The summed E-state index contributed by atoms with van der Waals surface area (Å²) in [5, 5.41) is 0. The maximum absolute atomic E-state index is 12.7. The lowest BCUT2D eigenvalue weighted by molar-refractivity contribution is -0.167. The molecule has 0 spiro atoms. The van der Waals surface area contributed by atoms with Gasteiger partial charge in [0, 0.05) is 19.3 Å². The van der Waals surface area contributed by atoms with Gasteiger partial charge < -0.3 is 14.2 Å². The van der Waals surface area contributed by atoms with E-state index >= 15 is 0 Å². The van der Waals surface area contributed by atoms with E-state index in [1.165, 1.54) is 161 Å². The molecule has 0 heterocycles. The summed E-state index contributed by atoms with van der Waals surface area (Å²) in [7, 11) is 0. The van der Waals surface area contributed by atoms with Gasteiger partial charge >= 0.3 is 17.9 Å². The summed E-state index contributed by atoms with van der Waals surface area (Å²) in [4.78, 5) is 37.7. The summed E-state index contributed by atoms with van der Waals surface area (Å²) in [6.07, 6.45) is 42.3. The second kappa shape index (κ2) is 42.6. The number of rotatable bonds is 43. The second-order valence-corrected chi connectivity index (χ2v) is 16.9. The van der Waals surface area contributed by atoms with E-state index in [2.05, 4.69) is 27.7 Å². The van der Waals surface area contributed by atoms with Crippen LogP contribution in [0.2, 0.25) is 0 Å². The van der Waals surface area contributed by atoms with Crippen molar-refractivity contribution >= 4 is 17.9 Å². The quantitative estimate of drug-likeness (QED) is 0.0349. The summed E-state index contributed by atoms with van der Waals surface area (Å²) in [6, 6.07) is 0. The highest BCUT2D eigenvalue weighted by molar-refractivity contribution is 5.71. The fourth-order valence-corrected chi connectivity index (χ4v) is 7.16. The highest BCUT2D eigenvalue weighted by Crippen LogP contribution is 2.16. The average Bonchev–Trinajstić information content (AvgIpc) is 3.15. The van der Waals surface area contributed by atoms with Crippen LogP contribution in [0.5, 0.6) is 0 Å². The molecule has 0 saturated carbocycles. The zero-order valence-corrected chi connectivity index (χ0v) is 36.7. The smallest absolute Gasteiger partial charge is 0.306 e. The molecule has 0 aromatic rings. The Morgan fingerprint density at radius 1 is 0.352 bits per heavy atom. The molecule has 0 aliphatic heterocycles. The van der Waals surface area contributed by atoms with Crippen molar-refractivity contribution in [2.75, 3.05) is 13.2 Å². The van der Waals surface area contributed by atoms with Crippen LogP contribution in [0.25, 0.3) is 0 Å². The Morgan fingerprint density at radius 2 is 0.611 bits per heavy atom. The predicted octanol–water partition coefficient (Wildman–Crippen LogP) is 15.1. The maximum atomic E-state index is 12.7. The van der Waals surface area contributed by atoms with Crippen LogP contribution in [0, 0.1) is 5.92 Å². The molecule has 0 saturated heterocycles. The molecule has 0 fully saturated rings. The van der Waals surface area contributed by atoms with Crippen LogP contribution in [-0.4, -0.2) is 37.2 Å². The molecular weight excluding hydrogens is 673 g/mol. The Morgan fingerprint density at radius 3 is 0.907 bits per heavy atom. The van der Waals surface area contributed by atoms with Gasteiger partial charge in [-0.2, -0.15) is 0 Å². The third-order valence-corrected chi connectivity index (χ3v) is 10.8. The fraction of sp³-hybridized carbons (Fsp3) is 0.938. The minimum Gasteiger partial charge on any atom is -0.462 e. The molecule has 0 aliphatic carbocycles. The third kappa shape index (κ3) is 41.6. The molecule has 0 radical (unpaired) electrons. The van der Waals surface area contributed by atoms with E-state index in [0.29, 0.717) is 19.3 Å². The Balaban J connectivity index is 4.29. The number of carbonyl (C=O) groups excluding carboxylic acids is 3. The van der Waals surface area contributed by atoms with E-state index in [1.807, 2.05) is 0 Å². The first-order chi connectivity index (χ1) is 26.4. The van der Waals surface area contributed by atoms with Crippen LogP contribution in [0.3, 0.4) is 0 Å². The molecule has 0 aromatic heterocycles. The normalized spacial score (nSPS) is 11.9. The Hall–Kier alpha value is -1.59. The molecule has 6 nitrogen and oxygen atoms in total. The molecular formula is C48H92O6. The molecule has 0 amide bonds. The van der Waals surface area contributed by atoms with E-state index in [-0.39, 0.29) is 31.1 Å². The first kappa shape index (κ1) is 52.4. The molecule has 0 aliphatic rings. The molecule has 0 bridgehead atoms. The first-order valence-electron chi connectivity index (χ1n) is 23.9.